The Hall–Kier alpha value is -2.56. The van der Waals surface area contributed by atoms with Gasteiger partial charge >= 0.3 is 0 Å². The molecule has 124 valence electrons. The van der Waals surface area contributed by atoms with Crippen LogP contribution in [0.4, 0.5) is 5.69 Å². The number of carbonyl (C=O) groups is 1. The highest BCUT2D eigenvalue weighted by Gasteiger charge is 2.50. The van der Waals surface area contributed by atoms with Gasteiger partial charge in [0.25, 0.3) is 5.91 Å². The largest absolute Gasteiger partial charge is 0.363 e. The zero-order valence-corrected chi connectivity index (χ0v) is 14.5. The van der Waals surface area contributed by atoms with Gasteiger partial charge in [0.1, 0.15) is 0 Å². The van der Waals surface area contributed by atoms with Gasteiger partial charge in [0.05, 0.1) is 0 Å². The molecule has 3 aromatic rings. The second-order valence-corrected chi connectivity index (χ2v) is 6.80. The van der Waals surface area contributed by atoms with Gasteiger partial charge in [-0.2, -0.15) is 0 Å². The first kappa shape index (κ1) is 15.9. The molecule has 1 aliphatic heterocycles. The zero-order chi connectivity index (χ0) is 17.4. The molecule has 3 nitrogen and oxygen atoms in total. The van der Waals surface area contributed by atoms with Gasteiger partial charge in [0.2, 0.25) is 0 Å². The van der Waals surface area contributed by atoms with Gasteiger partial charge in [-0.1, -0.05) is 48.5 Å². The molecule has 0 spiro atoms. The third-order valence-electron chi connectivity index (χ3n) is 4.57. The SMILES string of the molecule is CSc1ccc(C2(O)c3ccccc3C(=O)N2c2ccccc2)cc1. The molecule has 0 aromatic heterocycles. The number of fused-ring (bicyclic) bond motifs is 1. The first-order valence-corrected chi connectivity index (χ1v) is 9.25. The van der Waals surface area contributed by atoms with E-state index in [0.717, 1.165) is 4.90 Å². The van der Waals surface area contributed by atoms with Gasteiger partial charge in [0.15, 0.2) is 5.72 Å². The molecule has 1 heterocycles. The zero-order valence-electron chi connectivity index (χ0n) is 13.7. The highest BCUT2D eigenvalue weighted by atomic mass is 32.2. The molecule has 0 saturated heterocycles. The van der Waals surface area contributed by atoms with E-state index in [1.165, 1.54) is 4.90 Å². The van der Waals surface area contributed by atoms with Crippen LogP contribution < -0.4 is 4.90 Å². The van der Waals surface area contributed by atoms with Crippen LogP contribution in [0.2, 0.25) is 0 Å². The predicted octanol–water partition coefficient (Wildman–Crippen LogP) is 4.26. The number of hydrogen-bond acceptors (Lipinski definition) is 3. The Bertz CT molecular complexity index is 924. The van der Waals surface area contributed by atoms with Crippen LogP contribution in [-0.2, 0) is 5.72 Å². The molecule has 1 aliphatic rings. The Balaban J connectivity index is 1.95. The standard InChI is InChI=1S/C21H17NO2S/c1-25-17-13-11-15(12-14-17)21(24)19-10-6-5-9-18(19)20(23)22(21)16-7-3-2-4-8-16/h2-14,24H,1H3. The minimum absolute atomic E-state index is 0.196. The van der Waals surface area contributed by atoms with Crippen molar-refractivity contribution in [3.05, 3.63) is 95.6 Å². The summed E-state index contributed by atoms with van der Waals surface area (Å²) in [5, 5.41) is 11.8. The van der Waals surface area contributed by atoms with Gasteiger partial charge < -0.3 is 5.11 Å². The highest BCUT2D eigenvalue weighted by Crippen LogP contribution is 2.44. The fourth-order valence-electron chi connectivity index (χ4n) is 3.35. The molecule has 0 saturated carbocycles. The normalized spacial score (nSPS) is 19.1. The number of rotatable bonds is 3. The van der Waals surface area contributed by atoms with Crippen molar-refractivity contribution in [1.29, 1.82) is 0 Å². The first-order valence-electron chi connectivity index (χ1n) is 8.02. The molecular formula is C21H17NO2S. The van der Waals surface area contributed by atoms with Crippen LogP contribution in [-0.4, -0.2) is 17.3 Å². The number of benzene rings is 3. The monoisotopic (exact) mass is 347 g/mol. The minimum atomic E-state index is -1.52. The lowest BCUT2D eigenvalue weighted by molar-refractivity contribution is 0.0703. The fraction of sp³-hybridized carbons (Fsp3) is 0.0952. The van der Waals surface area contributed by atoms with Crippen LogP contribution in [0.15, 0.2) is 83.8 Å². The lowest BCUT2D eigenvalue weighted by Crippen LogP contribution is -2.45. The molecule has 0 fully saturated rings. The lowest BCUT2D eigenvalue weighted by Gasteiger charge is -2.35. The summed E-state index contributed by atoms with van der Waals surface area (Å²) in [7, 11) is 0. The maximum absolute atomic E-state index is 13.1. The summed E-state index contributed by atoms with van der Waals surface area (Å²) >= 11 is 1.64. The number of thioether (sulfide) groups is 1. The van der Waals surface area contributed by atoms with Crippen LogP contribution in [0.25, 0.3) is 0 Å². The van der Waals surface area contributed by atoms with Crippen LogP contribution in [0.5, 0.6) is 0 Å². The van der Waals surface area contributed by atoms with Gasteiger partial charge in [-0.05, 0) is 36.6 Å². The molecule has 4 rings (SSSR count). The summed E-state index contributed by atoms with van der Waals surface area (Å²) in [4.78, 5) is 15.7. The first-order chi connectivity index (χ1) is 12.2. The average molecular weight is 347 g/mol. The number of nitrogens with zero attached hydrogens (tertiary/aromatic N) is 1. The second kappa shape index (κ2) is 6.06. The topological polar surface area (TPSA) is 40.5 Å². The van der Waals surface area contributed by atoms with Crippen molar-refractivity contribution < 1.29 is 9.90 Å². The minimum Gasteiger partial charge on any atom is -0.363 e. The van der Waals surface area contributed by atoms with Crippen LogP contribution >= 0.6 is 11.8 Å². The summed E-state index contributed by atoms with van der Waals surface area (Å²) in [5.74, 6) is -0.196. The molecule has 0 aliphatic carbocycles. The van der Waals surface area contributed by atoms with Crippen molar-refractivity contribution in [2.24, 2.45) is 0 Å². The van der Waals surface area contributed by atoms with Gasteiger partial charge in [0, 0.05) is 27.3 Å². The second-order valence-electron chi connectivity index (χ2n) is 5.92. The molecule has 1 amide bonds. The average Bonchev–Trinajstić information content (AvgIpc) is 2.91. The van der Waals surface area contributed by atoms with Crippen LogP contribution in [0.3, 0.4) is 0 Å². The van der Waals surface area contributed by atoms with Crippen LogP contribution in [0, 0.1) is 0 Å². The van der Waals surface area contributed by atoms with Crippen LogP contribution in [0.1, 0.15) is 21.5 Å². The van der Waals surface area contributed by atoms with E-state index >= 15 is 0 Å². The lowest BCUT2D eigenvalue weighted by atomic mass is 9.93. The fourth-order valence-corrected chi connectivity index (χ4v) is 3.76. The molecule has 1 atom stereocenters. The molecule has 1 N–H and O–H groups in total. The third-order valence-corrected chi connectivity index (χ3v) is 5.31. The number of anilines is 1. The summed E-state index contributed by atoms with van der Waals surface area (Å²) in [6.07, 6.45) is 2.01. The molecule has 0 radical (unpaired) electrons. The van der Waals surface area contributed by atoms with E-state index in [1.807, 2.05) is 79.1 Å². The van der Waals surface area contributed by atoms with Gasteiger partial charge in [-0.3, -0.25) is 9.69 Å². The van der Waals surface area contributed by atoms with Crippen molar-refractivity contribution in [3.63, 3.8) is 0 Å². The Labute approximate surface area is 150 Å². The Kier molecular flexibility index (Phi) is 3.86. The summed E-state index contributed by atoms with van der Waals surface area (Å²) in [5.41, 5.74) is 0.961. The predicted molar refractivity (Wildman–Crippen MR) is 101 cm³/mol. The van der Waals surface area contributed by atoms with E-state index in [-0.39, 0.29) is 5.91 Å². The summed E-state index contributed by atoms with van der Waals surface area (Å²) < 4.78 is 0. The molecule has 25 heavy (non-hydrogen) atoms. The van der Waals surface area contributed by atoms with Crippen molar-refractivity contribution >= 4 is 23.4 Å². The number of para-hydroxylation sites is 1. The number of hydrogen-bond donors (Lipinski definition) is 1. The number of carbonyl (C=O) groups excluding carboxylic acids is 1. The van der Waals surface area contributed by atoms with Crippen molar-refractivity contribution in [2.75, 3.05) is 11.2 Å². The summed E-state index contributed by atoms with van der Waals surface area (Å²) in [6, 6.07) is 24.3. The molecule has 1 unspecified atom stereocenters. The van der Waals surface area contributed by atoms with E-state index in [1.54, 1.807) is 17.8 Å². The van der Waals surface area contributed by atoms with Crippen molar-refractivity contribution in [1.82, 2.24) is 0 Å². The van der Waals surface area contributed by atoms with E-state index in [4.69, 9.17) is 0 Å². The van der Waals surface area contributed by atoms with Crippen molar-refractivity contribution in [2.45, 2.75) is 10.6 Å². The maximum Gasteiger partial charge on any atom is 0.261 e. The summed E-state index contributed by atoms with van der Waals surface area (Å²) in [6.45, 7) is 0. The third kappa shape index (κ3) is 2.37. The molecule has 3 aromatic carbocycles. The van der Waals surface area contributed by atoms with Gasteiger partial charge in [-0.15, -0.1) is 11.8 Å². The Morgan fingerprint density at radius 2 is 1.52 bits per heavy atom. The van der Waals surface area contributed by atoms with Crippen molar-refractivity contribution in [3.8, 4) is 0 Å². The molecule has 0 bridgehead atoms. The quantitative estimate of drug-likeness (QED) is 0.720. The highest BCUT2D eigenvalue weighted by molar-refractivity contribution is 7.98. The Morgan fingerprint density at radius 3 is 2.20 bits per heavy atom. The molecular weight excluding hydrogens is 330 g/mol. The Morgan fingerprint density at radius 1 is 0.880 bits per heavy atom. The number of aliphatic hydroxyl groups is 1. The van der Waals surface area contributed by atoms with E-state index in [2.05, 4.69) is 0 Å². The van der Waals surface area contributed by atoms with Gasteiger partial charge in [-0.25, -0.2) is 0 Å². The maximum atomic E-state index is 13.1. The number of amides is 1. The van der Waals surface area contributed by atoms with E-state index in [9.17, 15) is 9.90 Å². The smallest absolute Gasteiger partial charge is 0.261 e. The van der Waals surface area contributed by atoms with E-state index < -0.39 is 5.72 Å². The molecule has 4 heteroatoms. The van der Waals surface area contributed by atoms with E-state index in [0.29, 0.717) is 22.4 Å².